The highest BCUT2D eigenvalue weighted by atomic mass is 35.5. The molecule has 1 amide bonds. The first-order chi connectivity index (χ1) is 10.4. The summed E-state index contributed by atoms with van der Waals surface area (Å²) in [6.07, 6.45) is 0. The smallest absolute Gasteiger partial charge is 0.271 e. The number of halogens is 1. The number of rotatable bonds is 5. The predicted molar refractivity (Wildman–Crippen MR) is 84.4 cm³/mol. The van der Waals surface area contributed by atoms with Crippen LogP contribution in [-0.4, -0.2) is 38.9 Å². The van der Waals surface area contributed by atoms with Crippen molar-refractivity contribution < 1.29 is 9.90 Å². The van der Waals surface area contributed by atoms with Crippen LogP contribution in [0.25, 0.3) is 5.82 Å². The molecular weight excluding hydrogens is 304 g/mol. The zero-order chi connectivity index (χ0) is 16.3. The molecule has 0 saturated carbocycles. The second kappa shape index (κ2) is 6.89. The Labute approximate surface area is 134 Å². The minimum absolute atomic E-state index is 0.00718. The molecule has 2 rings (SSSR count). The molecule has 0 spiro atoms. The van der Waals surface area contributed by atoms with E-state index in [4.69, 9.17) is 16.7 Å². The van der Waals surface area contributed by atoms with Gasteiger partial charge in [0.2, 0.25) is 0 Å². The highest BCUT2D eigenvalue weighted by Crippen LogP contribution is 2.17. The molecule has 0 aromatic carbocycles. The van der Waals surface area contributed by atoms with E-state index in [0.29, 0.717) is 12.4 Å². The number of aliphatic hydroxyl groups is 1. The van der Waals surface area contributed by atoms with Gasteiger partial charge < -0.3 is 10.4 Å². The summed E-state index contributed by atoms with van der Waals surface area (Å²) in [4.78, 5) is 16.5. The molecule has 2 heterocycles. The van der Waals surface area contributed by atoms with Crippen LogP contribution in [0.15, 0.2) is 18.2 Å². The second-order valence-electron chi connectivity index (χ2n) is 5.34. The minimum atomic E-state index is -0.367. The lowest BCUT2D eigenvalue weighted by molar-refractivity contribution is 0.0937. The van der Waals surface area contributed by atoms with E-state index in [2.05, 4.69) is 15.4 Å². The molecule has 2 N–H and O–H groups in total. The number of aromatic nitrogens is 3. The van der Waals surface area contributed by atoms with Crippen LogP contribution in [0.4, 0.5) is 0 Å². The molecule has 0 fully saturated rings. The van der Waals surface area contributed by atoms with Gasteiger partial charge in [-0.3, -0.25) is 4.79 Å². The number of aryl methyl sites for hydroxylation is 2. The maximum absolute atomic E-state index is 12.2. The van der Waals surface area contributed by atoms with Gasteiger partial charge in [0.1, 0.15) is 5.69 Å². The topological polar surface area (TPSA) is 80.0 Å². The van der Waals surface area contributed by atoms with E-state index in [9.17, 15) is 4.79 Å². The van der Waals surface area contributed by atoms with Gasteiger partial charge in [0.05, 0.1) is 10.7 Å². The highest BCUT2D eigenvalue weighted by molar-refractivity contribution is 6.33. The number of hydrogen-bond acceptors (Lipinski definition) is 4. The number of carbonyl (C=O) groups excluding carboxylic acids is 1. The summed E-state index contributed by atoms with van der Waals surface area (Å²) in [5, 5.41) is 16.3. The fraction of sp³-hybridized carbons (Fsp3) is 0.400. The molecule has 2 aromatic heterocycles. The van der Waals surface area contributed by atoms with Crippen molar-refractivity contribution in [2.24, 2.45) is 5.92 Å². The molecule has 22 heavy (non-hydrogen) atoms. The molecular formula is C15H19ClN4O2. The maximum atomic E-state index is 12.2. The zero-order valence-electron chi connectivity index (χ0n) is 12.8. The first-order valence-corrected chi connectivity index (χ1v) is 7.39. The molecule has 0 aliphatic carbocycles. The maximum Gasteiger partial charge on any atom is 0.271 e. The molecule has 0 aliphatic rings. The summed E-state index contributed by atoms with van der Waals surface area (Å²) >= 11 is 6.07. The quantitative estimate of drug-likeness (QED) is 0.881. The number of nitrogens with zero attached hydrogens (tertiary/aromatic N) is 3. The Morgan fingerprint density at radius 1 is 1.45 bits per heavy atom. The minimum Gasteiger partial charge on any atom is -0.396 e. The Morgan fingerprint density at radius 2 is 2.18 bits per heavy atom. The fourth-order valence-corrected chi connectivity index (χ4v) is 2.18. The van der Waals surface area contributed by atoms with Gasteiger partial charge in [-0.05, 0) is 38.0 Å². The highest BCUT2D eigenvalue weighted by Gasteiger charge is 2.15. The van der Waals surface area contributed by atoms with Crippen molar-refractivity contribution in [1.29, 1.82) is 0 Å². The van der Waals surface area contributed by atoms with Crippen molar-refractivity contribution in [3.63, 3.8) is 0 Å². The van der Waals surface area contributed by atoms with E-state index in [1.807, 2.05) is 26.8 Å². The number of nitrogens with one attached hydrogen (secondary N) is 1. The first kappa shape index (κ1) is 16.5. The lowest BCUT2D eigenvalue weighted by Crippen LogP contribution is -2.30. The van der Waals surface area contributed by atoms with Crippen molar-refractivity contribution >= 4 is 17.5 Å². The van der Waals surface area contributed by atoms with Crippen LogP contribution < -0.4 is 5.32 Å². The van der Waals surface area contributed by atoms with E-state index in [1.165, 1.54) is 0 Å². The van der Waals surface area contributed by atoms with Gasteiger partial charge in [-0.25, -0.2) is 9.67 Å². The van der Waals surface area contributed by atoms with Crippen molar-refractivity contribution in [2.45, 2.75) is 20.8 Å². The predicted octanol–water partition coefficient (Wildman–Crippen LogP) is 1.90. The normalized spacial score (nSPS) is 12.2. The second-order valence-corrected chi connectivity index (χ2v) is 5.74. The molecule has 0 saturated heterocycles. The summed E-state index contributed by atoms with van der Waals surface area (Å²) in [5.41, 5.74) is 1.95. The lowest BCUT2D eigenvalue weighted by atomic mass is 10.2. The summed E-state index contributed by atoms with van der Waals surface area (Å²) in [6.45, 7) is 6.01. The van der Waals surface area contributed by atoms with Crippen molar-refractivity contribution in [3.8, 4) is 5.82 Å². The van der Waals surface area contributed by atoms with Crippen molar-refractivity contribution in [1.82, 2.24) is 20.1 Å². The lowest BCUT2D eigenvalue weighted by Gasteiger charge is -2.11. The summed E-state index contributed by atoms with van der Waals surface area (Å²) < 4.78 is 1.67. The Hall–Kier alpha value is -1.92. The number of amides is 1. The molecule has 118 valence electrons. The largest absolute Gasteiger partial charge is 0.396 e. The van der Waals surface area contributed by atoms with Gasteiger partial charge in [0, 0.05) is 18.8 Å². The third-order valence-electron chi connectivity index (χ3n) is 3.20. The monoisotopic (exact) mass is 322 g/mol. The van der Waals surface area contributed by atoms with E-state index < -0.39 is 0 Å². The van der Waals surface area contributed by atoms with Crippen LogP contribution in [-0.2, 0) is 0 Å². The van der Waals surface area contributed by atoms with E-state index >= 15 is 0 Å². The van der Waals surface area contributed by atoms with Gasteiger partial charge in [-0.15, -0.1) is 0 Å². The van der Waals surface area contributed by atoms with Crippen LogP contribution in [0, 0.1) is 19.8 Å². The average Bonchev–Trinajstić information content (AvgIpc) is 2.83. The molecule has 7 heteroatoms. The Morgan fingerprint density at radius 3 is 2.77 bits per heavy atom. The van der Waals surface area contributed by atoms with Crippen LogP contribution in [0.2, 0.25) is 5.02 Å². The van der Waals surface area contributed by atoms with Gasteiger partial charge in [-0.1, -0.05) is 18.5 Å². The number of hydrogen-bond donors (Lipinski definition) is 2. The zero-order valence-corrected chi connectivity index (χ0v) is 13.6. The average molecular weight is 323 g/mol. The van der Waals surface area contributed by atoms with Gasteiger partial charge in [0.25, 0.3) is 5.91 Å². The number of carbonyl (C=O) groups is 1. The van der Waals surface area contributed by atoms with Crippen molar-refractivity contribution in [2.75, 3.05) is 13.2 Å². The number of aliphatic hydroxyl groups excluding tert-OH is 1. The molecule has 0 aliphatic heterocycles. The molecule has 2 aromatic rings. The Bertz CT molecular complexity index is 684. The summed E-state index contributed by atoms with van der Waals surface area (Å²) in [6, 6.07) is 5.28. The van der Waals surface area contributed by atoms with Crippen LogP contribution in [0.5, 0.6) is 0 Å². The van der Waals surface area contributed by atoms with Crippen LogP contribution >= 0.6 is 11.6 Å². The van der Waals surface area contributed by atoms with Gasteiger partial charge in [-0.2, -0.15) is 5.10 Å². The molecule has 0 bridgehead atoms. The third kappa shape index (κ3) is 3.64. The number of pyridine rings is 1. The Balaban J connectivity index is 2.27. The van der Waals surface area contributed by atoms with E-state index in [0.717, 1.165) is 11.4 Å². The summed E-state index contributed by atoms with van der Waals surface area (Å²) in [5.74, 6) is 0.144. The molecule has 0 radical (unpaired) electrons. The standard InChI is InChI=1S/C15H19ClN4O2/c1-9(8-21)7-17-15(22)14-12(16)4-5-13(18-14)20-11(3)6-10(2)19-20/h4-6,9,21H,7-8H2,1-3H3,(H,17,22). The molecule has 1 atom stereocenters. The Kier molecular flexibility index (Phi) is 5.15. The summed E-state index contributed by atoms with van der Waals surface area (Å²) in [7, 11) is 0. The first-order valence-electron chi connectivity index (χ1n) is 7.01. The van der Waals surface area contributed by atoms with Crippen LogP contribution in [0.1, 0.15) is 28.8 Å². The molecule has 6 nitrogen and oxygen atoms in total. The third-order valence-corrected chi connectivity index (χ3v) is 3.50. The fourth-order valence-electron chi connectivity index (χ4n) is 1.99. The van der Waals surface area contributed by atoms with Crippen molar-refractivity contribution in [3.05, 3.63) is 40.3 Å². The van der Waals surface area contributed by atoms with Gasteiger partial charge in [0.15, 0.2) is 5.82 Å². The van der Waals surface area contributed by atoms with Crippen LogP contribution in [0.3, 0.4) is 0 Å². The van der Waals surface area contributed by atoms with E-state index in [-0.39, 0.29) is 29.1 Å². The molecule has 1 unspecified atom stereocenters. The van der Waals surface area contributed by atoms with Gasteiger partial charge >= 0.3 is 0 Å². The van der Waals surface area contributed by atoms with E-state index in [1.54, 1.807) is 16.8 Å². The SMILES string of the molecule is Cc1cc(C)n(-c2ccc(Cl)c(C(=O)NCC(C)CO)n2)n1.